The van der Waals surface area contributed by atoms with Gasteiger partial charge in [0.1, 0.15) is 11.5 Å². The van der Waals surface area contributed by atoms with Crippen molar-refractivity contribution in [3.05, 3.63) is 217 Å². The minimum atomic E-state index is -2.75. The van der Waals surface area contributed by atoms with Crippen molar-refractivity contribution in [1.82, 2.24) is 0 Å². The van der Waals surface area contributed by atoms with Gasteiger partial charge in [0, 0.05) is 27.2 Å². The van der Waals surface area contributed by atoms with Crippen LogP contribution in [-0.2, 0) is 0 Å². The zero-order valence-electron chi connectivity index (χ0n) is 34.0. The van der Waals surface area contributed by atoms with Crippen molar-refractivity contribution in [2.45, 2.75) is 23.6 Å². The third-order valence-electron chi connectivity index (χ3n) is 13.1. The number of para-hydroxylation sites is 2. The summed E-state index contributed by atoms with van der Waals surface area (Å²) >= 11 is 1.86. The first-order valence-electron chi connectivity index (χ1n) is 21.1. The molecule has 12 rings (SSSR count). The van der Waals surface area contributed by atoms with E-state index in [0.717, 1.165) is 22.7 Å². The number of ether oxygens (including phenoxy) is 1. The van der Waals surface area contributed by atoms with Crippen LogP contribution in [0.5, 0.6) is 11.5 Å². The van der Waals surface area contributed by atoms with Gasteiger partial charge in [-0.05, 0) is 115 Å². The van der Waals surface area contributed by atoms with Crippen molar-refractivity contribution in [2.24, 2.45) is 0 Å². The first-order valence-corrected chi connectivity index (χ1v) is 23.9. The second-order valence-corrected chi connectivity index (χ2v) is 21.3. The highest BCUT2D eigenvalue weighted by Gasteiger charge is 2.49. The number of hydrogen-bond acceptors (Lipinski definition) is 3. The van der Waals surface area contributed by atoms with Crippen LogP contribution in [0.25, 0.3) is 22.3 Å². The van der Waals surface area contributed by atoms with Gasteiger partial charge in [0.2, 0.25) is 0 Å². The summed E-state index contributed by atoms with van der Waals surface area (Å²) < 4.78 is 7.21. The fourth-order valence-electron chi connectivity index (χ4n) is 10.4. The summed E-state index contributed by atoms with van der Waals surface area (Å²) in [4.78, 5) is 5.03. The van der Waals surface area contributed by atoms with Crippen LogP contribution < -0.4 is 46.8 Å². The molecule has 0 aliphatic carbocycles. The molecule has 0 amide bonds. The van der Waals surface area contributed by atoms with Crippen LogP contribution in [0.1, 0.15) is 11.1 Å². The van der Waals surface area contributed by atoms with Crippen molar-refractivity contribution >= 4 is 80.7 Å². The van der Waals surface area contributed by atoms with Gasteiger partial charge in [0.05, 0.1) is 5.69 Å². The molecule has 3 aliphatic rings. The average Bonchev–Trinajstić information content (AvgIpc) is 3.31. The number of fused-ring (bicyclic) bond motifs is 6. The summed E-state index contributed by atoms with van der Waals surface area (Å²) in [5, 5.41) is 5.53. The maximum atomic E-state index is 7.21. The Kier molecular flexibility index (Phi) is 8.38. The van der Waals surface area contributed by atoms with Gasteiger partial charge < -0.3 is 9.64 Å². The largest absolute Gasteiger partial charge is 0.458 e. The molecule has 3 aliphatic heterocycles. The third kappa shape index (κ3) is 5.51. The molecular weight excluding hydrogens is 774 g/mol. The Bertz CT molecular complexity index is 3110. The van der Waals surface area contributed by atoms with Gasteiger partial charge in [-0.15, -0.1) is 0 Å². The van der Waals surface area contributed by atoms with Gasteiger partial charge in [-0.3, -0.25) is 0 Å². The average molecular weight is 814 g/mol. The lowest BCUT2D eigenvalue weighted by Gasteiger charge is -2.45. The van der Waals surface area contributed by atoms with Crippen molar-refractivity contribution in [3.63, 3.8) is 0 Å². The SMILES string of the molecule is Cc1ccccc1-c1cc(-c2ccc3c(c2)Oc2cc(N4c5ccccc5[Si](c5ccccc5)(c5ccccc5)c5ccccc54)cc4c2B3c2ccccc2S4)ccc1C. The minimum Gasteiger partial charge on any atom is -0.458 e. The molecule has 0 N–H and O–H groups in total. The molecule has 0 fully saturated rings. The topological polar surface area (TPSA) is 12.5 Å². The van der Waals surface area contributed by atoms with E-state index in [9.17, 15) is 0 Å². The maximum Gasteiger partial charge on any atom is 0.253 e. The van der Waals surface area contributed by atoms with Crippen LogP contribution >= 0.6 is 11.8 Å². The molecule has 9 aromatic rings. The molecule has 0 spiro atoms. The first kappa shape index (κ1) is 36.1. The summed E-state index contributed by atoms with van der Waals surface area (Å²) in [5.74, 6) is 1.83. The number of rotatable bonds is 5. The van der Waals surface area contributed by atoms with Crippen LogP contribution in [0.15, 0.2) is 216 Å². The van der Waals surface area contributed by atoms with E-state index in [1.165, 1.54) is 86.1 Å². The summed E-state index contributed by atoms with van der Waals surface area (Å²) in [6, 6.07) is 76.8. The molecule has 0 radical (unpaired) electrons. The Hall–Kier alpha value is -6.79. The van der Waals surface area contributed by atoms with Crippen LogP contribution in [0.2, 0.25) is 0 Å². The van der Waals surface area contributed by atoms with E-state index in [4.69, 9.17) is 4.74 Å². The molecule has 61 heavy (non-hydrogen) atoms. The molecule has 5 heteroatoms. The number of anilines is 3. The minimum absolute atomic E-state index is 0.0620. The molecule has 288 valence electrons. The van der Waals surface area contributed by atoms with E-state index in [-0.39, 0.29) is 6.71 Å². The Morgan fingerprint density at radius 1 is 0.459 bits per heavy atom. The second-order valence-electron chi connectivity index (χ2n) is 16.5. The van der Waals surface area contributed by atoms with Crippen molar-refractivity contribution < 1.29 is 4.74 Å². The first-order chi connectivity index (χ1) is 30.1. The highest BCUT2D eigenvalue weighted by atomic mass is 32.2. The van der Waals surface area contributed by atoms with Crippen LogP contribution in [0, 0.1) is 13.8 Å². The lowest BCUT2D eigenvalue weighted by Crippen LogP contribution is -2.77. The normalized spacial score (nSPS) is 13.9. The van der Waals surface area contributed by atoms with E-state index in [0.29, 0.717) is 0 Å². The zero-order chi connectivity index (χ0) is 40.7. The van der Waals surface area contributed by atoms with Gasteiger partial charge in [-0.1, -0.05) is 181 Å². The Labute approximate surface area is 363 Å². The zero-order valence-corrected chi connectivity index (χ0v) is 35.8. The highest BCUT2D eigenvalue weighted by Crippen LogP contribution is 2.45. The fraction of sp³-hybridized carbons (Fsp3) is 0.0357. The summed E-state index contributed by atoms with van der Waals surface area (Å²) in [6.45, 7) is 4.46. The Morgan fingerprint density at radius 2 is 1.05 bits per heavy atom. The van der Waals surface area contributed by atoms with E-state index in [2.05, 4.69) is 225 Å². The molecule has 0 atom stereocenters. The quantitative estimate of drug-likeness (QED) is 0.161. The fourth-order valence-corrected chi connectivity index (χ4v) is 16.7. The molecule has 9 aromatic carbocycles. The molecule has 2 nitrogen and oxygen atoms in total. The molecule has 0 aromatic heterocycles. The molecule has 0 saturated heterocycles. The lowest BCUT2D eigenvalue weighted by atomic mass is 9.35. The molecule has 3 heterocycles. The maximum absolute atomic E-state index is 7.21. The van der Waals surface area contributed by atoms with Crippen molar-refractivity contribution in [1.29, 1.82) is 0 Å². The molecule has 0 bridgehead atoms. The summed E-state index contributed by atoms with van der Waals surface area (Å²) in [7, 11) is -2.75. The second kappa shape index (κ2) is 14.2. The molecular formula is C56H40BNOSSi. The molecule has 0 saturated carbocycles. The smallest absolute Gasteiger partial charge is 0.253 e. The van der Waals surface area contributed by atoms with Crippen LogP contribution in [0.3, 0.4) is 0 Å². The van der Waals surface area contributed by atoms with Gasteiger partial charge in [0.25, 0.3) is 6.71 Å². The van der Waals surface area contributed by atoms with Crippen molar-refractivity contribution in [2.75, 3.05) is 4.90 Å². The number of benzene rings is 9. The highest BCUT2D eigenvalue weighted by molar-refractivity contribution is 8.00. The number of hydrogen-bond donors (Lipinski definition) is 0. The Morgan fingerprint density at radius 3 is 1.77 bits per heavy atom. The standard InChI is InChI=1S/C56H40BNOSSi/c1-37-17-9-10-22-44(37)45-33-39(30-29-38(45)2)40-31-32-46-50(34-40)59-51-35-41(36-53-56(51)57(46)47-23-11-14-26-52(47)60-53)58-48-24-12-15-27-54(48)61(42-18-5-3-6-19-42,43-20-7-4-8-21-43)55-28-16-13-25-49(55)58/h3-36H,1-2H3. The van der Waals surface area contributed by atoms with E-state index >= 15 is 0 Å². The number of nitrogens with zero attached hydrogens (tertiary/aromatic N) is 1. The van der Waals surface area contributed by atoms with E-state index in [1.54, 1.807) is 0 Å². The monoisotopic (exact) mass is 813 g/mol. The molecule has 0 unspecified atom stereocenters. The van der Waals surface area contributed by atoms with Crippen LogP contribution in [0.4, 0.5) is 17.1 Å². The lowest BCUT2D eigenvalue weighted by molar-refractivity contribution is 0.486. The van der Waals surface area contributed by atoms with Gasteiger partial charge in [-0.2, -0.15) is 0 Å². The van der Waals surface area contributed by atoms with Crippen molar-refractivity contribution in [3.8, 4) is 33.8 Å². The van der Waals surface area contributed by atoms with Gasteiger partial charge in [-0.25, -0.2) is 0 Å². The third-order valence-corrected chi connectivity index (χ3v) is 19.2. The summed E-state index contributed by atoms with van der Waals surface area (Å²) in [6.07, 6.45) is 0. The van der Waals surface area contributed by atoms with E-state index < -0.39 is 8.07 Å². The predicted molar refractivity (Wildman–Crippen MR) is 260 cm³/mol. The predicted octanol–water partition coefficient (Wildman–Crippen LogP) is 9.88. The van der Waals surface area contributed by atoms with Gasteiger partial charge in [0.15, 0.2) is 8.07 Å². The Balaban J connectivity index is 1.05. The van der Waals surface area contributed by atoms with Gasteiger partial charge >= 0.3 is 0 Å². The van der Waals surface area contributed by atoms with E-state index in [1.807, 2.05) is 11.8 Å². The van der Waals surface area contributed by atoms with Crippen LogP contribution in [-0.4, -0.2) is 14.8 Å². The number of aryl methyl sites for hydroxylation is 2. The summed E-state index contributed by atoms with van der Waals surface area (Å²) in [5.41, 5.74) is 14.7.